The van der Waals surface area contributed by atoms with E-state index in [1.165, 1.54) is 23.9 Å². The Morgan fingerprint density at radius 3 is 2.26 bits per heavy atom. The summed E-state index contributed by atoms with van der Waals surface area (Å²) in [5, 5.41) is 0. The highest BCUT2D eigenvalue weighted by Gasteiger charge is 2.41. The molecule has 2 aromatic rings. The van der Waals surface area contributed by atoms with Crippen LogP contribution in [0.15, 0.2) is 53.4 Å². The van der Waals surface area contributed by atoms with Gasteiger partial charge in [-0.25, -0.2) is 4.90 Å². The van der Waals surface area contributed by atoms with E-state index in [0.29, 0.717) is 11.3 Å². The molecule has 0 atom stereocenters. The van der Waals surface area contributed by atoms with Crippen LogP contribution in [0.5, 0.6) is 0 Å². The van der Waals surface area contributed by atoms with Crippen LogP contribution in [0.4, 0.5) is 18.9 Å². The summed E-state index contributed by atoms with van der Waals surface area (Å²) in [5.41, 5.74) is 0.800. The highest BCUT2D eigenvalue weighted by molar-refractivity contribution is 8.04. The van der Waals surface area contributed by atoms with Crippen molar-refractivity contribution in [1.82, 2.24) is 0 Å². The maximum Gasteiger partial charge on any atom is 0.416 e. The minimum Gasteiger partial charge on any atom is -0.268 e. The van der Waals surface area contributed by atoms with Crippen LogP contribution in [0.3, 0.4) is 0 Å². The van der Waals surface area contributed by atoms with Crippen LogP contribution in [0.25, 0.3) is 5.57 Å². The number of alkyl halides is 3. The highest BCUT2D eigenvalue weighted by atomic mass is 32.2. The number of halogens is 3. The summed E-state index contributed by atoms with van der Waals surface area (Å²) in [6, 6.07) is 11.4. The predicted octanol–water partition coefficient (Wildman–Crippen LogP) is 5.05. The van der Waals surface area contributed by atoms with Crippen LogP contribution < -0.4 is 4.90 Å². The Morgan fingerprint density at radius 1 is 1.00 bits per heavy atom. The number of benzene rings is 2. The second kappa shape index (κ2) is 7.23. The lowest BCUT2D eigenvalue weighted by Crippen LogP contribution is -2.31. The van der Waals surface area contributed by atoms with E-state index in [9.17, 15) is 22.8 Å². The molecule has 27 heavy (non-hydrogen) atoms. The Morgan fingerprint density at radius 2 is 1.67 bits per heavy atom. The zero-order chi connectivity index (χ0) is 19.8. The molecule has 0 aliphatic carbocycles. The van der Waals surface area contributed by atoms with Crippen LogP contribution >= 0.6 is 11.8 Å². The molecule has 0 fully saturated rings. The van der Waals surface area contributed by atoms with Crippen molar-refractivity contribution in [1.29, 1.82) is 0 Å². The number of amides is 2. The maximum absolute atomic E-state index is 13.0. The molecule has 0 N–H and O–H groups in total. The predicted molar refractivity (Wildman–Crippen MR) is 100 cm³/mol. The fraction of sp³-hybridized carbons (Fsp3) is 0.200. The zero-order valence-corrected chi connectivity index (χ0v) is 15.4. The Kier molecular flexibility index (Phi) is 5.15. The van der Waals surface area contributed by atoms with E-state index in [1.54, 1.807) is 12.1 Å². The van der Waals surface area contributed by atoms with E-state index < -0.39 is 23.6 Å². The van der Waals surface area contributed by atoms with Crippen LogP contribution in [0.1, 0.15) is 23.6 Å². The number of imide groups is 1. The molecule has 0 spiro atoms. The molecule has 0 unspecified atom stereocenters. The van der Waals surface area contributed by atoms with E-state index in [1.807, 2.05) is 26.0 Å². The summed E-state index contributed by atoms with van der Waals surface area (Å²) < 4.78 is 39.1. The van der Waals surface area contributed by atoms with Gasteiger partial charge < -0.3 is 0 Å². The number of rotatable bonds is 4. The van der Waals surface area contributed by atoms with E-state index in [-0.39, 0.29) is 16.2 Å². The van der Waals surface area contributed by atoms with E-state index in [0.717, 1.165) is 22.6 Å². The van der Waals surface area contributed by atoms with Gasteiger partial charge in [0.05, 0.1) is 21.7 Å². The van der Waals surface area contributed by atoms with Gasteiger partial charge in [0, 0.05) is 0 Å². The van der Waals surface area contributed by atoms with Gasteiger partial charge in [-0.1, -0.05) is 42.8 Å². The van der Waals surface area contributed by atoms with Gasteiger partial charge in [0.1, 0.15) is 0 Å². The standard InChI is InChI=1S/C20H16F3NO2S/c1-3-27-17-16(13-9-7-12(2)8-10-13)18(25)24(19(17)26)15-6-4-5-14(11-15)20(21,22)23/h4-11H,3H2,1-2H3. The fourth-order valence-corrected chi connectivity index (χ4v) is 3.67. The van der Waals surface area contributed by atoms with Crippen molar-refractivity contribution in [2.75, 3.05) is 10.7 Å². The van der Waals surface area contributed by atoms with Crippen LogP contribution in [-0.4, -0.2) is 17.6 Å². The Labute approximate surface area is 158 Å². The second-order valence-corrected chi connectivity index (χ2v) is 7.27. The molecule has 0 saturated carbocycles. The average Bonchev–Trinajstić information content (AvgIpc) is 2.86. The van der Waals surface area contributed by atoms with E-state index in [4.69, 9.17) is 0 Å². The normalized spacial score (nSPS) is 15.1. The lowest BCUT2D eigenvalue weighted by Gasteiger charge is -2.17. The fourth-order valence-electron chi connectivity index (χ4n) is 2.82. The second-order valence-electron chi connectivity index (χ2n) is 6.00. The maximum atomic E-state index is 13.0. The van der Waals surface area contributed by atoms with Gasteiger partial charge >= 0.3 is 6.18 Å². The summed E-state index contributed by atoms with van der Waals surface area (Å²) in [7, 11) is 0. The van der Waals surface area contributed by atoms with Gasteiger partial charge in [-0.05, 0) is 36.4 Å². The largest absolute Gasteiger partial charge is 0.416 e. The lowest BCUT2D eigenvalue weighted by atomic mass is 10.0. The van der Waals surface area contributed by atoms with Crippen molar-refractivity contribution >= 4 is 34.8 Å². The van der Waals surface area contributed by atoms with Crippen molar-refractivity contribution < 1.29 is 22.8 Å². The van der Waals surface area contributed by atoms with Crippen molar-refractivity contribution in [2.45, 2.75) is 20.0 Å². The van der Waals surface area contributed by atoms with Gasteiger partial charge in [-0.15, -0.1) is 11.8 Å². The van der Waals surface area contributed by atoms with Crippen molar-refractivity contribution in [3.63, 3.8) is 0 Å². The number of hydrogen-bond acceptors (Lipinski definition) is 3. The minimum absolute atomic E-state index is 0.0869. The summed E-state index contributed by atoms with van der Waals surface area (Å²) in [6.07, 6.45) is -4.56. The summed E-state index contributed by atoms with van der Waals surface area (Å²) in [5.74, 6) is -0.652. The van der Waals surface area contributed by atoms with Crippen molar-refractivity contribution in [3.8, 4) is 0 Å². The molecule has 3 rings (SSSR count). The Bertz CT molecular complexity index is 933. The van der Waals surface area contributed by atoms with Crippen LogP contribution in [-0.2, 0) is 15.8 Å². The first kappa shape index (κ1) is 19.2. The molecule has 1 heterocycles. The third kappa shape index (κ3) is 3.64. The van der Waals surface area contributed by atoms with Crippen molar-refractivity contribution in [2.24, 2.45) is 0 Å². The first-order valence-corrected chi connectivity index (χ1v) is 9.22. The smallest absolute Gasteiger partial charge is 0.268 e. The summed E-state index contributed by atoms with van der Waals surface area (Å²) in [4.78, 5) is 26.9. The molecule has 140 valence electrons. The Balaban J connectivity index is 2.08. The molecule has 0 bridgehead atoms. The number of anilines is 1. The number of thioether (sulfide) groups is 1. The summed E-state index contributed by atoms with van der Waals surface area (Å²) >= 11 is 1.21. The molecular weight excluding hydrogens is 375 g/mol. The van der Waals surface area contributed by atoms with Gasteiger partial charge in [-0.3, -0.25) is 9.59 Å². The number of hydrogen-bond donors (Lipinski definition) is 0. The molecule has 7 heteroatoms. The summed E-state index contributed by atoms with van der Waals surface area (Å²) in [6.45, 7) is 3.74. The van der Waals surface area contributed by atoms with Gasteiger partial charge in [-0.2, -0.15) is 13.2 Å². The van der Waals surface area contributed by atoms with Crippen molar-refractivity contribution in [3.05, 3.63) is 70.1 Å². The number of nitrogens with zero attached hydrogens (tertiary/aromatic N) is 1. The molecule has 0 aromatic heterocycles. The molecule has 1 aliphatic heterocycles. The first-order valence-electron chi connectivity index (χ1n) is 8.24. The molecule has 3 nitrogen and oxygen atoms in total. The monoisotopic (exact) mass is 391 g/mol. The average molecular weight is 391 g/mol. The van der Waals surface area contributed by atoms with E-state index in [2.05, 4.69) is 0 Å². The lowest BCUT2D eigenvalue weighted by molar-refractivity contribution is -0.137. The topological polar surface area (TPSA) is 37.4 Å². The highest BCUT2D eigenvalue weighted by Crippen LogP contribution is 2.39. The van der Waals surface area contributed by atoms with Gasteiger partial charge in [0.2, 0.25) is 0 Å². The first-order chi connectivity index (χ1) is 12.7. The number of carbonyl (C=O) groups is 2. The van der Waals surface area contributed by atoms with Crippen LogP contribution in [0, 0.1) is 6.92 Å². The number of carbonyl (C=O) groups excluding carboxylic acids is 2. The van der Waals surface area contributed by atoms with Gasteiger partial charge in [0.15, 0.2) is 0 Å². The molecular formula is C20H16F3NO2S. The molecule has 2 amide bonds. The third-order valence-corrected chi connectivity index (χ3v) is 5.06. The van der Waals surface area contributed by atoms with Crippen LogP contribution in [0.2, 0.25) is 0 Å². The molecule has 1 aliphatic rings. The third-order valence-electron chi connectivity index (χ3n) is 4.10. The quantitative estimate of drug-likeness (QED) is 0.685. The molecule has 2 aromatic carbocycles. The molecule has 0 radical (unpaired) electrons. The molecule has 0 saturated heterocycles. The zero-order valence-electron chi connectivity index (χ0n) is 14.6. The Hall–Kier alpha value is -2.54. The van der Waals surface area contributed by atoms with E-state index >= 15 is 0 Å². The number of aryl methyl sites for hydroxylation is 1. The van der Waals surface area contributed by atoms with Gasteiger partial charge in [0.25, 0.3) is 11.8 Å². The minimum atomic E-state index is -4.56. The SMILES string of the molecule is CCSC1=C(c2ccc(C)cc2)C(=O)N(c2cccc(C(F)(F)F)c2)C1=O.